The maximum atomic E-state index is 10.4. The van der Waals surface area contributed by atoms with Crippen LogP contribution in [0.15, 0.2) is 152 Å². The highest BCUT2D eigenvalue weighted by Crippen LogP contribution is 2.30. The molecule has 2 aromatic heterocycles. The normalized spacial score (nSPS) is 10.2. The number of aromatic nitrogens is 2. The lowest BCUT2D eigenvalue weighted by molar-refractivity contribution is -0.191. The first kappa shape index (κ1) is 67.6. The highest BCUT2D eigenvalue weighted by Gasteiger charge is 2.11. The third-order valence-electron chi connectivity index (χ3n) is 12.1. The van der Waals surface area contributed by atoms with Gasteiger partial charge in [0.25, 0.3) is 0 Å². The number of aliphatic hydroxyl groups is 1. The molecule has 0 amide bonds. The number of hydrogen-bond acceptors (Lipinski definition) is 9. The summed E-state index contributed by atoms with van der Waals surface area (Å²) in [6.07, 6.45) is 4.50. The van der Waals surface area contributed by atoms with Gasteiger partial charge in [-0.15, -0.1) is 0 Å². The molecule has 0 saturated heterocycles. The number of methoxy groups -OCH3 is 1. The Balaban J connectivity index is 0.000000461. The fourth-order valence-corrected chi connectivity index (χ4v) is 7.75. The number of carbonyl (C=O) groups excluding carboxylic acids is 2. The van der Waals surface area contributed by atoms with Gasteiger partial charge < -0.3 is 24.8 Å². The second-order valence-corrected chi connectivity index (χ2v) is 20.1. The molecule has 7 rings (SSSR count). The summed E-state index contributed by atoms with van der Waals surface area (Å²) in [7, 11) is 1.74. The summed E-state index contributed by atoms with van der Waals surface area (Å²) in [6, 6.07) is 46.1. The Morgan fingerprint density at radius 1 is 0.545 bits per heavy atom. The van der Waals surface area contributed by atoms with Crippen LogP contribution in [0.3, 0.4) is 0 Å². The second kappa shape index (κ2) is 37.4. The topological polar surface area (TPSA) is 156 Å². The first-order valence-corrected chi connectivity index (χ1v) is 26.6. The van der Waals surface area contributed by atoms with Crippen LogP contribution in [0.25, 0.3) is 0 Å². The summed E-state index contributed by atoms with van der Waals surface area (Å²) >= 11 is 0. The number of carboxylic acid groups (broad SMARTS) is 1. The molecule has 0 atom stereocenters. The number of para-hydroxylation sites is 2. The first-order chi connectivity index (χ1) is 36.6. The predicted molar refractivity (Wildman–Crippen MR) is 315 cm³/mol. The van der Waals surface area contributed by atoms with Gasteiger partial charge in [-0.2, -0.15) is 9.59 Å². The number of rotatable bonds is 13. The zero-order valence-electron chi connectivity index (χ0n) is 48.8. The molecule has 7 aromatic rings. The van der Waals surface area contributed by atoms with Gasteiger partial charge in [-0.1, -0.05) is 199 Å². The van der Waals surface area contributed by atoms with Gasteiger partial charge in [0, 0.05) is 23.8 Å². The van der Waals surface area contributed by atoms with Gasteiger partial charge in [-0.05, 0) is 136 Å². The van der Waals surface area contributed by atoms with Crippen molar-refractivity contribution in [3.05, 3.63) is 219 Å². The maximum Gasteiger partial charge on any atom is 0.373 e. The molecule has 10 heteroatoms. The minimum absolute atomic E-state index is 0.0748. The molecule has 10 nitrogen and oxygen atoms in total. The van der Waals surface area contributed by atoms with E-state index in [1.54, 1.807) is 31.5 Å². The average molecular weight is 1050 g/mol. The number of phenols is 1. The maximum absolute atomic E-state index is 10.4. The van der Waals surface area contributed by atoms with Crippen LogP contribution in [0.5, 0.6) is 17.2 Å². The quantitative estimate of drug-likeness (QED) is 0.102. The number of carboxylic acids is 1. The minimum atomic E-state index is -0.933. The molecule has 0 bridgehead atoms. The summed E-state index contributed by atoms with van der Waals surface area (Å²) in [6.45, 7) is 32.7. The molecule has 5 aromatic carbocycles. The zero-order chi connectivity index (χ0) is 58.0. The van der Waals surface area contributed by atoms with E-state index in [0.717, 1.165) is 40.4 Å². The van der Waals surface area contributed by atoms with Gasteiger partial charge >= 0.3 is 12.1 Å². The van der Waals surface area contributed by atoms with Crippen LogP contribution >= 0.6 is 0 Å². The van der Waals surface area contributed by atoms with Gasteiger partial charge in [0.15, 0.2) is 0 Å². The van der Waals surface area contributed by atoms with E-state index < -0.39 is 5.97 Å². The lowest BCUT2D eigenvalue weighted by atomic mass is 9.95. The molecule has 0 spiro atoms. The van der Waals surface area contributed by atoms with Crippen molar-refractivity contribution in [1.29, 1.82) is 0 Å². The van der Waals surface area contributed by atoms with Crippen LogP contribution in [0, 0.1) is 13.8 Å². The number of ether oxygens (including phenoxy) is 2. The SMILES string of the molecule is CC(C)c1ccc(C(=O)O)cn1.CC(C)c1ccc(CO)cn1.CC(C)c1ccccc1O.CC(C)c1ccccc1OCc1ccccc1.CCc1ccccc1C(C)C.COc1c(C)ccc(C(C)C)c1C.O=C=O. The van der Waals surface area contributed by atoms with Crippen molar-refractivity contribution < 1.29 is 39.2 Å². The molecule has 0 unspecified atom stereocenters. The molecule has 0 aliphatic heterocycles. The number of phenolic OH excluding ortho intramolecular Hbond substituents is 1. The van der Waals surface area contributed by atoms with Crippen molar-refractivity contribution in [3.63, 3.8) is 0 Å². The first-order valence-electron chi connectivity index (χ1n) is 26.6. The second-order valence-electron chi connectivity index (χ2n) is 20.1. The van der Waals surface area contributed by atoms with E-state index in [-0.39, 0.29) is 18.3 Å². The Labute approximate surface area is 461 Å². The Kier molecular flexibility index (Phi) is 32.8. The molecule has 0 saturated carbocycles. The number of hydrogen-bond donors (Lipinski definition) is 3. The van der Waals surface area contributed by atoms with Crippen LogP contribution in [0.4, 0.5) is 0 Å². The van der Waals surface area contributed by atoms with E-state index in [9.17, 15) is 9.90 Å². The highest BCUT2D eigenvalue weighted by molar-refractivity contribution is 5.87. The van der Waals surface area contributed by atoms with Gasteiger partial charge in [0.05, 0.1) is 19.3 Å². The highest BCUT2D eigenvalue weighted by atomic mass is 16.5. The Morgan fingerprint density at radius 2 is 1.03 bits per heavy atom. The zero-order valence-corrected chi connectivity index (χ0v) is 48.8. The van der Waals surface area contributed by atoms with Crippen molar-refractivity contribution in [3.8, 4) is 17.2 Å². The van der Waals surface area contributed by atoms with E-state index in [4.69, 9.17) is 29.3 Å². The Morgan fingerprint density at radius 3 is 1.44 bits per heavy atom. The van der Waals surface area contributed by atoms with Crippen molar-refractivity contribution in [2.45, 2.75) is 159 Å². The number of carbonyl (C=O) groups is 1. The van der Waals surface area contributed by atoms with Gasteiger partial charge in [-0.25, -0.2) is 4.79 Å². The van der Waals surface area contributed by atoms with Crippen molar-refractivity contribution in [1.82, 2.24) is 9.97 Å². The summed E-state index contributed by atoms with van der Waals surface area (Å²) in [5.74, 6) is 4.41. The van der Waals surface area contributed by atoms with Gasteiger partial charge in [0.1, 0.15) is 23.9 Å². The molecular formula is C67H88N2O8. The molecule has 0 aliphatic rings. The lowest BCUT2D eigenvalue weighted by Gasteiger charge is -2.15. The Bertz CT molecular complexity index is 2740. The number of aromatic carboxylic acids is 1. The summed E-state index contributed by atoms with van der Waals surface area (Å²) in [5, 5.41) is 26.6. The third-order valence-corrected chi connectivity index (χ3v) is 12.1. The number of aromatic hydroxyl groups is 1. The van der Waals surface area contributed by atoms with Crippen molar-refractivity contribution in [2.75, 3.05) is 7.11 Å². The lowest BCUT2D eigenvalue weighted by Crippen LogP contribution is -1.99. The molecule has 0 aliphatic carbocycles. The van der Waals surface area contributed by atoms with Gasteiger partial charge in [-0.3, -0.25) is 9.97 Å². The van der Waals surface area contributed by atoms with Crippen LogP contribution in [-0.2, 0) is 29.2 Å². The molecule has 414 valence electrons. The molecule has 2 heterocycles. The van der Waals surface area contributed by atoms with Crippen molar-refractivity contribution >= 4 is 12.1 Å². The average Bonchev–Trinajstić information content (AvgIpc) is 3.41. The number of aliphatic hydroxyl groups excluding tert-OH is 1. The van der Waals surface area contributed by atoms with Gasteiger partial charge in [0.2, 0.25) is 0 Å². The number of aryl methyl sites for hydroxylation is 2. The number of benzene rings is 5. The van der Waals surface area contributed by atoms with Crippen LogP contribution in [-0.4, -0.2) is 44.5 Å². The summed E-state index contributed by atoms with van der Waals surface area (Å²) in [5.41, 5.74) is 13.4. The molecule has 0 radical (unpaired) electrons. The third kappa shape index (κ3) is 25.3. The van der Waals surface area contributed by atoms with E-state index >= 15 is 0 Å². The molecule has 3 N–H and O–H groups in total. The fourth-order valence-electron chi connectivity index (χ4n) is 7.75. The largest absolute Gasteiger partial charge is 0.508 e. The van der Waals surface area contributed by atoms with E-state index in [1.807, 2.05) is 74.5 Å². The minimum Gasteiger partial charge on any atom is -0.508 e. The standard InChI is InChI=1S/C16H18O.C12H18O.C11H16.C9H11NO2.C9H13NO.C9H12O.CO2/c1-13(2)15-10-6-7-11-16(15)17-12-14-8-4-3-5-9-14;1-8(2)11-7-6-9(3)12(13-5)10(11)4;1-4-10-7-5-6-8-11(10)9(2)3;1-6(2)8-4-3-7(5-10-8)9(11)12;1-7(2)9-4-3-8(6-11)5-10-9;1-7(2)8-5-3-4-6-9(8)10;2-1-3/h3-11,13H,12H2,1-2H3;6-8H,1-5H3;5-9H,4H2,1-3H3;3-6H,1-2H3,(H,11,12);3-5,7,11H,6H2,1-2H3;3-7,10H,1-2H3;. The summed E-state index contributed by atoms with van der Waals surface area (Å²) in [4.78, 5) is 34.9. The molecule has 0 fully saturated rings. The van der Waals surface area contributed by atoms with E-state index in [0.29, 0.717) is 47.9 Å². The van der Waals surface area contributed by atoms with Crippen LogP contribution < -0.4 is 9.47 Å². The van der Waals surface area contributed by atoms with Crippen LogP contribution in [0.2, 0.25) is 0 Å². The van der Waals surface area contributed by atoms with E-state index in [1.165, 1.54) is 45.1 Å². The fraction of sp³-hybridized carbons (Fsp3) is 0.373. The van der Waals surface area contributed by atoms with Crippen LogP contribution in [0.1, 0.15) is 197 Å². The predicted octanol–water partition coefficient (Wildman–Crippen LogP) is 16.7. The summed E-state index contributed by atoms with van der Waals surface area (Å²) < 4.78 is 11.3. The number of nitrogens with zero attached hydrogens (tertiary/aromatic N) is 2. The Hall–Kier alpha value is -7.39. The number of pyridine rings is 2. The monoisotopic (exact) mass is 1050 g/mol. The smallest absolute Gasteiger partial charge is 0.373 e. The van der Waals surface area contributed by atoms with E-state index in [2.05, 4.69) is 161 Å². The molecular weight excluding hydrogens is 961 g/mol. The molecule has 77 heavy (non-hydrogen) atoms. The van der Waals surface area contributed by atoms with Crippen molar-refractivity contribution in [2.24, 2.45) is 0 Å².